The molecule has 0 radical (unpaired) electrons. The molecule has 5 fully saturated rings. The third-order valence-electron chi connectivity index (χ3n) is 8.21. The van der Waals surface area contributed by atoms with E-state index in [0.717, 1.165) is 43.7 Å². The zero-order valence-electron chi connectivity index (χ0n) is 15.0. The van der Waals surface area contributed by atoms with Gasteiger partial charge < -0.3 is 10.2 Å². The van der Waals surface area contributed by atoms with Crippen LogP contribution in [0, 0.1) is 17.8 Å². The average molecular weight is 336 g/mol. The molecule has 2 heterocycles. The average Bonchev–Trinajstić information content (AvgIpc) is 2.84. The lowest BCUT2D eigenvalue weighted by molar-refractivity contribution is -0.127. The smallest absolute Gasteiger partial charge is 0.238 e. The van der Waals surface area contributed by atoms with Crippen LogP contribution in [0.25, 0.3) is 0 Å². The van der Waals surface area contributed by atoms with E-state index in [1.165, 1.54) is 49.8 Å². The summed E-state index contributed by atoms with van der Waals surface area (Å²) in [7, 11) is 0. The van der Waals surface area contributed by atoms with E-state index in [1.54, 1.807) is 0 Å². The van der Waals surface area contributed by atoms with Gasteiger partial charge in [-0.3, -0.25) is 4.79 Å². The number of fused-ring (bicyclic) bond motifs is 2. The molecule has 0 aromatic heterocycles. The Balaban J connectivity index is 1.49. The van der Waals surface area contributed by atoms with E-state index in [-0.39, 0.29) is 11.0 Å². The van der Waals surface area contributed by atoms with Crippen LogP contribution < -0.4 is 10.2 Å². The molecule has 4 saturated carbocycles. The fraction of sp³-hybridized carbons (Fsp3) is 0.682. The quantitative estimate of drug-likeness (QED) is 0.849. The van der Waals surface area contributed by atoms with Crippen molar-refractivity contribution in [3.8, 4) is 0 Å². The number of para-hydroxylation sites is 1. The van der Waals surface area contributed by atoms with Crippen molar-refractivity contribution in [2.24, 2.45) is 17.8 Å². The van der Waals surface area contributed by atoms with E-state index in [1.807, 2.05) is 0 Å². The van der Waals surface area contributed by atoms with Crippen LogP contribution in [0.1, 0.15) is 56.9 Å². The minimum Gasteiger partial charge on any atom is -0.317 e. The van der Waals surface area contributed by atoms with Crippen molar-refractivity contribution >= 4 is 11.6 Å². The number of piperidine rings is 1. The summed E-state index contributed by atoms with van der Waals surface area (Å²) in [4.78, 5) is 16.3. The molecule has 3 heteroatoms. The summed E-state index contributed by atoms with van der Waals surface area (Å²) in [5.41, 5.74) is 2.48. The number of carbonyl (C=O) groups is 1. The number of anilines is 1. The van der Waals surface area contributed by atoms with Gasteiger partial charge in [0, 0.05) is 11.2 Å². The largest absolute Gasteiger partial charge is 0.317 e. The fourth-order valence-electron chi connectivity index (χ4n) is 7.66. The number of nitrogens with one attached hydrogen (secondary N) is 1. The Hall–Kier alpha value is -1.35. The maximum absolute atomic E-state index is 14.0. The van der Waals surface area contributed by atoms with Gasteiger partial charge in [-0.25, -0.2) is 0 Å². The molecular formula is C22H28N2O. The van der Waals surface area contributed by atoms with E-state index >= 15 is 0 Å². The highest BCUT2D eigenvalue weighted by atomic mass is 16.2. The second kappa shape index (κ2) is 4.88. The van der Waals surface area contributed by atoms with E-state index in [9.17, 15) is 4.79 Å². The molecule has 7 rings (SSSR count). The van der Waals surface area contributed by atoms with E-state index in [2.05, 4.69) is 34.5 Å². The van der Waals surface area contributed by atoms with Gasteiger partial charge >= 0.3 is 0 Å². The first-order valence-electron chi connectivity index (χ1n) is 10.4. The molecule has 6 aliphatic rings. The maximum Gasteiger partial charge on any atom is 0.238 e. The van der Waals surface area contributed by atoms with Crippen LogP contribution in [-0.2, 0) is 10.2 Å². The molecule has 1 aromatic rings. The van der Waals surface area contributed by atoms with Crippen LogP contribution in [0.5, 0.6) is 0 Å². The lowest BCUT2D eigenvalue weighted by Crippen LogP contribution is -2.63. The highest BCUT2D eigenvalue weighted by Gasteiger charge is 2.61. The maximum atomic E-state index is 14.0. The molecule has 3 nitrogen and oxygen atoms in total. The normalized spacial score (nSPS) is 40.7. The van der Waals surface area contributed by atoms with Crippen molar-refractivity contribution in [3.63, 3.8) is 0 Å². The molecule has 1 aromatic carbocycles. The molecule has 4 aliphatic carbocycles. The molecule has 0 atom stereocenters. The van der Waals surface area contributed by atoms with E-state index < -0.39 is 0 Å². The number of benzene rings is 1. The molecule has 0 unspecified atom stereocenters. The minimum atomic E-state index is -0.245. The first-order chi connectivity index (χ1) is 12.2. The molecule has 1 spiro atoms. The van der Waals surface area contributed by atoms with Gasteiger partial charge in [0.1, 0.15) is 0 Å². The Labute approximate surface area is 150 Å². The minimum absolute atomic E-state index is 0.135. The topological polar surface area (TPSA) is 32.3 Å². The summed E-state index contributed by atoms with van der Waals surface area (Å²) in [5.74, 6) is 3.06. The number of rotatable bonds is 1. The third-order valence-corrected chi connectivity index (χ3v) is 8.21. The second-order valence-corrected chi connectivity index (χ2v) is 9.63. The number of hydrogen-bond donors (Lipinski definition) is 1. The van der Waals surface area contributed by atoms with Crippen LogP contribution in [0.4, 0.5) is 5.69 Å². The molecule has 1 amide bonds. The summed E-state index contributed by atoms with van der Waals surface area (Å²) in [6.07, 6.45) is 9.99. The van der Waals surface area contributed by atoms with Crippen LogP contribution in [0.2, 0.25) is 0 Å². The number of amides is 1. The van der Waals surface area contributed by atoms with Gasteiger partial charge in [0.25, 0.3) is 0 Å². The zero-order valence-corrected chi connectivity index (χ0v) is 15.0. The van der Waals surface area contributed by atoms with Crippen molar-refractivity contribution in [1.29, 1.82) is 0 Å². The molecule has 2 aliphatic heterocycles. The van der Waals surface area contributed by atoms with Gasteiger partial charge in [-0.1, -0.05) is 18.2 Å². The number of carbonyl (C=O) groups excluding carboxylic acids is 1. The van der Waals surface area contributed by atoms with Crippen molar-refractivity contribution in [3.05, 3.63) is 29.8 Å². The summed E-state index contributed by atoms with van der Waals surface area (Å²) < 4.78 is 0. The first kappa shape index (κ1) is 14.8. The summed E-state index contributed by atoms with van der Waals surface area (Å²) >= 11 is 0. The Morgan fingerprint density at radius 1 is 0.920 bits per heavy atom. The summed E-state index contributed by atoms with van der Waals surface area (Å²) in [6, 6.07) is 8.76. The van der Waals surface area contributed by atoms with Crippen LogP contribution in [0.15, 0.2) is 24.3 Å². The van der Waals surface area contributed by atoms with Gasteiger partial charge in [-0.2, -0.15) is 0 Å². The third kappa shape index (κ3) is 1.83. The Morgan fingerprint density at radius 3 is 2.16 bits per heavy atom. The highest BCUT2D eigenvalue weighted by Crippen LogP contribution is 2.61. The van der Waals surface area contributed by atoms with Crippen molar-refractivity contribution in [2.45, 2.75) is 62.3 Å². The van der Waals surface area contributed by atoms with Crippen molar-refractivity contribution in [1.82, 2.24) is 5.32 Å². The van der Waals surface area contributed by atoms with Gasteiger partial charge in [-0.15, -0.1) is 0 Å². The zero-order chi connectivity index (χ0) is 16.6. The molecule has 25 heavy (non-hydrogen) atoms. The molecule has 1 N–H and O–H groups in total. The van der Waals surface area contributed by atoms with Gasteiger partial charge in [0.2, 0.25) is 5.91 Å². The predicted octanol–water partition coefficient (Wildman–Crippen LogP) is 3.62. The van der Waals surface area contributed by atoms with Crippen LogP contribution >= 0.6 is 0 Å². The monoisotopic (exact) mass is 336 g/mol. The van der Waals surface area contributed by atoms with E-state index in [4.69, 9.17) is 0 Å². The van der Waals surface area contributed by atoms with Gasteiger partial charge in [0.15, 0.2) is 0 Å². The fourth-order valence-corrected chi connectivity index (χ4v) is 7.66. The molecule has 4 bridgehead atoms. The first-order valence-corrected chi connectivity index (χ1v) is 10.4. The van der Waals surface area contributed by atoms with Gasteiger partial charge in [-0.05, 0) is 93.8 Å². The number of nitrogens with zero attached hydrogens (tertiary/aromatic N) is 1. The Bertz CT molecular complexity index is 698. The lowest BCUT2D eigenvalue weighted by atomic mass is 9.52. The molecule has 1 saturated heterocycles. The lowest BCUT2D eigenvalue weighted by Gasteiger charge is -2.60. The predicted molar refractivity (Wildman–Crippen MR) is 98.6 cm³/mol. The van der Waals surface area contributed by atoms with Crippen LogP contribution in [0.3, 0.4) is 0 Å². The molecule has 132 valence electrons. The standard InChI is InChI=1S/C22H28N2O/c25-20-22(5-7-23-8-6-22)18-3-1-2-4-19(18)24(20)21-12-15-9-16(13-21)11-17(10-15)14-21/h1-4,15-17,23H,5-14H2. The Morgan fingerprint density at radius 2 is 1.52 bits per heavy atom. The van der Waals surface area contributed by atoms with Gasteiger partial charge in [0.05, 0.1) is 5.41 Å². The molecular weight excluding hydrogens is 308 g/mol. The second-order valence-electron chi connectivity index (χ2n) is 9.63. The highest BCUT2D eigenvalue weighted by molar-refractivity contribution is 6.09. The van der Waals surface area contributed by atoms with E-state index in [0.29, 0.717) is 5.91 Å². The van der Waals surface area contributed by atoms with Crippen LogP contribution in [-0.4, -0.2) is 24.5 Å². The van der Waals surface area contributed by atoms with Crippen molar-refractivity contribution in [2.75, 3.05) is 18.0 Å². The van der Waals surface area contributed by atoms with Crippen molar-refractivity contribution < 1.29 is 4.79 Å². The summed E-state index contributed by atoms with van der Waals surface area (Å²) in [5, 5.41) is 3.47. The summed E-state index contributed by atoms with van der Waals surface area (Å²) in [6.45, 7) is 1.93. The SMILES string of the molecule is O=C1N(C23CC4CC(CC(C4)C2)C3)c2ccccc2C12CCNCC2. The number of hydrogen-bond acceptors (Lipinski definition) is 2. The Kier molecular flexibility index (Phi) is 2.88.